The van der Waals surface area contributed by atoms with E-state index in [9.17, 15) is 9.59 Å². The maximum atomic E-state index is 12.4. The molecule has 3 saturated heterocycles. The largest absolute Gasteiger partial charge is 0.365 e. The van der Waals surface area contributed by atoms with Crippen molar-refractivity contribution in [3.63, 3.8) is 0 Å². The fourth-order valence-corrected chi connectivity index (χ4v) is 5.71. The zero-order valence-electron chi connectivity index (χ0n) is 24.3. The number of carbonyl (C=O) groups excluding carboxylic acids is 2. The van der Waals surface area contributed by atoms with Gasteiger partial charge < -0.3 is 30.3 Å². The van der Waals surface area contributed by atoms with Crippen molar-refractivity contribution in [3.8, 4) is 0 Å². The second-order valence-corrected chi connectivity index (χ2v) is 11.4. The molecular formula is C31H33ClN10O2. The first-order valence-corrected chi connectivity index (χ1v) is 14.8. The summed E-state index contributed by atoms with van der Waals surface area (Å²) in [5.74, 6) is 0.847. The zero-order chi connectivity index (χ0) is 29.1. The quantitative estimate of drug-likeness (QED) is 0.190. The van der Waals surface area contributed by atoms with E-state index in [-0.39, 0.29) is 24.0 Å². The number of aromatic nitrogens is 5. The highest BCUT2D eigenvalue weighted by Gasteiger charge is 2.43. The number of aromatic amines is 2. The number of rotatable bonds is 6. The van der Waals surface area contributed by atoms with Gasteiger partial charge in [0.1, 0.15) is 29.2 Å². The van der Waals surface area contributed by atoms with Crippen LogP contribution in [0.2, 0.25) is 0 Å². The van der Waals surface area contributed by atoms with E-state index in [1.54, 1.807) is 6.33 Å². The van der Waals surface area contributed by atoms with Gasteiger partial charge in [-0.3, -0.25) is 14.7 Å². The molecule has 0 unspecified atom stereocenters. The van der Waals surface area contributed by atoms with Crippen LogP contribution in [-0.4, -0.2) is 104 Å². The lowest BCUT2D eigenvalue weighted by molar-refractivity contribution is -0.117. The third-order valence-corrected chi connectivity index (χ3v) is 8.33. The zero-order valence-corrected chi connectivity index (χ0v) is 25.1. The molecule has 0 amide bonds. The summed E-state index contributed by atoms with van der Waals surface area (Å²) in [6.07, 6.45) is 6.35. The molecule has 1 aromatic carbocycles. The van der Waals surface area contributed by atoms with Crippen molar-refractivity contribution < 1.29 is 9.59 Å². The molecule has 1 aliphatic carbocycles. The molecule has 12 nitrogen and oxygen atoms in total. The molecule has 4 aliphatic heterocycles. The number of hydrogen-bond acceptors (Lipinski definition) is 10. The molecule has 0 bridgehead atoms. The van der Waals surface area contributed by atoms with E-state index in [1.807, 2.05) is 33.8 Å². The van der Waals surface area contributed by atoms with Crippen LogP contribution in [0.25, 0.3) is 27.5 Å². The van der Waals surface area contributed by atoms with E-state index in [4.69, 9.17) is 0 Å². The van der Waals surface area contributed by atoms with E-state index >= 15 is 0 Å². The third-order valence-electron chi connectivity index (χ3n) is 8.33. The lowest BCUT2D eigenvalue weighted by Gasteiger charge is -2.21. The van der Waals surface area contributed by atoms with Gasteiger partial charge in [-0.05, 0) is 49.7 Å². The molecule has 3 aromatic heterocycles. The van der Waals surface area contributed by atoms with Gasteiger partial charge in [-0.2, -0.15) is 5.10 Å². The molecule has 226 valence electrons. The minimum Gasteiger partial charge on any atom is -0.365 e. The van der Waals surface area contributed by atoms with Gasteiger partial charge in [-0.15, -0.1) is 12.4 Å². The van der Waals surface area contributed by atoms with Crippen LogP contribution < -0.4 is 10.6 Å². The molecule has 4 aromatic rings. The first-order valence-electron chi connectivity index (χ1n) is 14.8. The number of allylic oxidation sites excluding steroid dienone is 1. The summed E-state index contributed by atoms with van der Waals surface area (Å²) in [5.41, 5.74) is 8.16. The van der Waals surface area contributed by atoms with Crippen LogP contribution in [0.5, 0.6) is 0 Å². The topological polar surface area (TPSA) is 137 Å². The molecule has 9 rings (SSSR count). The first-order chi connectivity index (χ1) is 21.0. The van der Waals surface area contributed by atoms with E-state index in [0.29, 0.717) is 17.1 Å². The number of carbonyl (C=O) groups is 2. The number of ketones is 2. The van der Waals surface area contributed by atoms with E-state index < -0.39 is 0 Å². The Morgan fingerprint density at radius 2 is 1.68 bits per heavy atom. The Hall–Kier alpha value is -4.68. The van der Waals surface area contributed by atoms with Crippen molar-refractivity contribution in [1.82, 2.24) is 45.2 Å². The number of fused-ring (bicyclic) bond motifs is 2. The molecule has 13 heteroatoms. The number of nitrogens with one attached hydrogen (secondary N) is 4. The minimum absolute atomic E-state index is 0. The van der Waals surface area contributed by atoms with Gasteiger partial charge in [0.15, 0.2) is 0 Å². The van der Waals surface area contributed by atoms with Gasteiger partial charge in [0, 0.05) is 74.4 Å². The van der Waals surface area contributed by atoms with Crippen LogP contribution in [0, 0.1) is 6.92 Å². The number of nitrogens with zero attached hydrogens (tertiary/aromatic N) is 6. The highest BCUT2D eigenvalue weighted by atomic mass is 35.5. The number of aryl methyl sites for hydroxylation is 1. The van der Waals surface area contributed by atoms with Crippen LogP contribution in [-0.2, 0) is 9.59 Å². The Kier molecular flexibility index (Phi) is 7.10. The van der Waals surface area contributed by atoms with Crippen molar-refractivity contribution in [2.45, 2.75) is 13.3 Å². The Morgan fingerprint density at radius 1 is 0.909 bits per heavy atom. The molecule has 7 heterocycles. The number of halogens is 1. The van der Waals surface area contributed by atoms with Crippen molar-refractivity contribution >= 4 is 63.0 Å². The predicted octanol–water partition coefficient (Wildman–Crippen LogP) is 2.87. The molecule has 5 aliphatic rings. The third kappa shape index (κ3) is 5.31. The molecule has 0 radical (unpaired) electrons. The van der Waals surface area contributed by atoms with Crippen molar-refractivity contribution in [1.29, 1.82) is 0 Å². The van der Waals surface area contributed by atoms with Gasteiger partial charge in [-0.25, -0.2) is 9.97 Å². The molecule has 44 heavy (non-hydrogen) atoms. The van der Waals surface area contributed by atoms with Gasteiger partial charge >= 0.3 is 0 Å². The summed E-state index contributed by atoms with van der Waals surface area (Å²) in [6.45, 7) is 9.34. The first kappa shape index (κ1) is 28.1. The summed E-state index contributed by atoms with van der Waals surface area (Å²) >= 11 is 0. The van der Waals surface area contributed by atoms with Crippen LogP contribution in [0.3, 0.4) is 0 Å². The number of Topliss-reactive ketones (excluding diaryl/α,β-unsaturated/α-hetero) is 1. The second kappa shape index (κ2) is 11.1. The number of benzene rings is 1. The Balaban J connectivity index is 0.000000150. The van der Waals surface area contributed by atoms with Crippen molar-refractivity contribution in [2.75, 3.05) is 57.7 Å². The molecule has 0 saturated carbocycles. The highest BCUT2D eigenvalue weighted by Crippen LogP contribution is 2.34. The van der Waals surface area contributed by atoms with Crippen molar-refractivity contribution in [3.05, 3.63) is 71.2 Å². The average molecular weight is 613 g/mol. The maximum Gasteiger partial charge on any atom is 0.227 e. The molecule has 4 N–H and O–H groups in total. The highest BCUT2D eigenvalue weighted by molar-refractivity contribution is 6.22. The van der Waals surface area contributed by atoms with Gasteiger partial charge in [0.2, 0.25) is 11.6 Å². The van der Waals surface area contributed by atoms with Gasteiger partial charge in [-0.1, -0.05) is 6.08 Å². The smallest absolute Gasteiger partial charge is 0.227 e. The van der Waals surface area contributed by atoms with E-state index in [2.05, 4.69) is 54.0 Å². The normalized spacial score (nSPS) is 19.0. The molecule has 3 fully saturated rings. The predicted molar refractivity (Wildman–Crippen MR) is 171 cm³/mol. The number of H-pyrrole nitrogens is 2. The monoisotopic (exact) mass is 612 g/mol. The summed E-state index contributed by atoms with van der Waals surface area (Å²) in [5, 5.41) is 16.2. The lowest BCUT2D eigenvalue weighted by atomic mass is 10.0. The Morgan fingerprint density at radius 3 is 2.41 bits per heavy atom. The fourth-order valence-electron chi connectivity index (χ4n) is 5.71. The maximum absolute atomic E-state index is 12.4. The van der Waals surface area contributed by atoms with Gasteiger partial charge in [0.25, 0.3) is 0 Å². The number of hydrogen-bond donors (Lipinski definition) is 4. The fraction of sp³-hybridized carbons (Fsp3) is 0.323. The Bertz CT molecular complexity index is 1890. The van der Waals surface area contributed by atoms with Crippen LogP contribution in [0.1, 0.15) is 17.8 Å². The van der Waals surface area contributed by atoms with Crippen molar-refractivity contribution in [2.24, 2.45) is 0 Å². The molecular weight excluding hydrogens is 580 g/mol. The summed E-state index contributed by atoms with van der Waals surface area (Å²) < 4.78 is 0. The summed E-state index contributed by atoms with van der Waals surface area (Å²) in [6, 6.07) is 8.24. The van der Waals surface area contributed by atoms with Crippen LogP contribution >= 0.6 is 12.4 Å². The molecule has 0 atom stereocenters. The lowest BCUT2D eigenvalue weighted by Crippen LogP contribution is -2.29. The van der Waals surface area contributed by atoms with Crippen LogP contribution in [0.15, 0.2) is 59.8 Å². The molecule has 0 spiro atoms. The van der Waals surface area contributed by atoms with E-state index in [1.165, 1.54) is 11.6 Å². The Labute approximate surface area is 259 Å². The SMILES string of the molecule is Cc1[nH]nc2ccc(Nc3ncnc4[nH]c(C5=CCNCC5)cc34)cc12.Cl.O=C1C=C(N2CC2)C(=O)C(N2CC2)=C1N1CC1. The standard InChI is InChI=1S/C19H19N7.C12H13N3O2.ClH/c1-11-14-8-13(2-3-16(14)26-25-11)23-18-15-9-17(12-4-6-20-7-5-12)24-19(15)22-10-21-18;16-9-7-8(13-1-2-13)12(17)11(15-5-6-15)10(9)14-3-4-14;/h2-4,8-10,20H,5-7H2,1H3,(H,25,26)(H2,21,22,23,24);7H,1-6H2;1H. The minimum atomic E-state index is 0. The summed E-state index contributed by atoms with van der Waals surface area (Å²) in [4.78, 5) is 42.7. The van der Waals surface area contributed by atoms with E-state index in [0.717, 1.165) is 104 Å². The summed E-state index contributed by atoms with van der Waals surface area (Å²) in [7, 11) is 0. The average Bonchev–Trinajstić information content (AvgIpc) is 3.91. The van der Waals surface area contributed by atoms with Gasteiger partial charge in [0.05, 0.1) is 16.6 Å². The number of anilines is 2. The second-order valence-electron chi connectivity index (χ2n) is 11.4. The van der Waals surface area contributed by atoms with Crippen LogP contribution in [0.4, 0.5) is 11.5 Å².